The van der Waals surface area contributed by atoms with Gasteiger partial charge in [-0.15, -0.1) is 11.8 Å². The van der Waals surface area contributed by atoms with Gasteiger partial charge in [-0.05, 0) is 72.8 Å². The van der Waals surface area contributed by atoms with E-state index in [1.165, 1.54) is 26.0 Å². The molecule has 0 bridgehead atoms. The van der Waals surface area contributed by atoms with Gasteiger partial charge in [-0.1, -0.05) is 66.4 Å². The highest BCUT2D eigenvalue weighted by atomic mass is 32.2. The van der Waals surface area contributed by atoms with Gasteiger partial charge in [0, 0.05) is 31.5 Å². The number of carbonyl (C=O) groups is 3. The summed E-state index contributed by atoms with van der Waals surface area (Å²) >= 11 is 3.07. The first-order valence-electron chi connectivity index (χ1n) is 15.0. The minimum Gasteiger partial charge on any atom is -0.493 e. The van der Waals surface area contributed by atoms with Crippen LogP contribution in [0, 0.1) is 0 Å². The fourth-order valence-corrected chi connectivity index (χ4v) is 6.95. The lowest BCUT2D eigenvalue weighted by Crippen LogP contribution is -2.30. The molecule has 8 nitrogen and oxygen atoms in total. The zero-order chi connectivity index (χ0) is 33.5. The maximum Gasteiger partial charge on any atom is 0.272 e. The molecule has 5 aromatic rings. The molecule has 0 radical (unpaired) electrons. The van der Waals surface area contributed by atoms with Crippen LogP contribution >= 0.6 is 23.5 Å². The fourth-order valence-electron chi connectivity index (χ4n) is 5.14. The molecule has 0 fully saturated rings. The third kappa shape index (κ3) is 7.25. The summed E-state index contributed by atoms with van der Waals surface area (Å²) in [4.78, 5) is 45.0. The summed E-state index contributed by atoms with van der Waals surface area (Å²) in [5.41, 5.74) is 3.23. The largest absolute Gasteiger partial charge is 0.493 e. The number of anilines is 3. The zero-order valence-electron chi connectivity index (χ0n) is 26.1. The van der Waals surface area contributed by atoms with Crippen molar-refractivity contribution in [3.63, 3.8) is 0 Å². The van der Waals surface area contributed by atoms with Crippen LogP contribution in [0.2, 0.25) is 0 Å². The third-order valence-electron chi connectivity index (χ3n) is 7.42. The topological polar surface area (TPSA) is 97.0 Å². The van der Waals surface area contributed by atoms with E-state index in [-0.39, 0.29) is 17.4 Å². The molecule has 1 heterocycles. The molecule has 3 amide bonds. The van der Waals surface area contributed by atoms with Crippen LogP contribution in [0.15, 0.2) is 142 Å². The summed E-state index contributed by atoms with van der Waals surface area (Å²) in [7, 11) is 3.03. The molecular formula is C38H31N3O5S2. The number of ether oxygens (including phenoxy) is 2. The molecule has 2 N–H and O–H groups in total. The summed E-state index contributed by atoms with van der Waals surface area (Å²) in [5.74, 6) is 0.132. The fraction of sp³-hybridized carbons (Fsp3) is 0.0789. The molecule has 0 atom stereocenters. The third-order valence-corrected chi connectivity index (χ3v) is 9.55. The molecule has 0 saturated carbocycles. The van der Waals surface area contributed by atoms with Gasteiger partial charge in [-0.2, -0.15) is 0 Å². The zero-order valence-corrected chi connectivity index (χ0v) is 27.8. The van der Waals surface area contributed by atoms with Gasteiger partial charge >= 0.3 is 0 Å². The first kappa shape index (κ1) is 32.5. The number of nitrogens with zero attached hydrogens (tertiary/aromatic N) is 1. The van der Waals surface area contributed by atoms with E-state index in [0.717, 1.165) is 26.1 Å². The highest BCUT2D eigenvalue weighted by molar-refractivity contribution is 8.00. The van der Waals surface area contributed by atoms with Gasteiger partial charge in [0.2, 0.25) is 5.91 Å². The number of hydrogen-bond acceptors (Lipinski definition) is 7. The molecule has 10 heteroatoms. The number of hydrogen-bond donors (Lipinski definition) is 2. The molecule has 0 spiro atoms. The van der Waals surface area contributed by atoms with E-state index in [1.54, 1.807) is 77.3 Å². The van der Waals surface area contributed by atoms with E-state index < -0.39 is 11.8 Å². The van der Waals surface area contributed by atoms with Gasteiger partial charge in [0.15, 0.2) is 11.5 Å². The van der Waals surface area contributed by atoms with Crippen molar-refractivity contribution in [2.45, 2.75) is 14.7 Å². The highest BCUT2D eigenvalue weighted by Gasteiger charge is 2.27. The van der Waals surface area contributed by atoms with E-state index in [4.69, 9.17) is 9.47 Å². The van der Waals surface area contributed by atoms with Crippen LogP contribution in [-0.4, -0.2) is 37.7 Å². The summed E-state index contributed by atoms with van der Waals surface area (Å²) in [6.07, 6.45) is 1.54. The standard InChI is InChI=1S/C38H31N3O5S2/c1-45-32-16-10-13-26(36(32)46-2)23-29(40-37(43)25-11-4-3-5-12-25)38(44)39-27-19-21-28(22-20-27)47-24-35(42)41-30-14-6-8-17-33(30)48-34-18-9-7-15-31(34)41/h3-23H,24H2,1-2H3,(H,39,44)(H,40,43)/b29-23-. The predicted octanol–water partition coefficient (Wildman–Crippen LogP) is 8.04. The molecule has 6 rings (SSSR count). The van der Waals surface area contributed by atoms with E-state index in [1.807, 2.05) is 66.7 Å². The Bertz CT molecular complexity index is 1950. The van der Waals surface area contributed by atoms with Crippen LogP contribution < -0.4 is 25.0 Å². The number of rotatable bonds is 10. The molecule has 48 heavy (non-hydrogen) atoms. The van der Waals surface area contributed by atoms with Crippen molar-refractivity contribution < 1.29 is 23.9 Å². The minimum absolute atomic E-state index is 0.0136. The summed E-state index contributed by atoms with van der Waals surface area (Å²) in [6, 6.07) is 36.9. The van der Waals surface area contributed by atoms with Crippen molar-refractivity contribution in [2.75, 3.05) is 30.2 Å². The number of carbonyl (C=O) groups excluding carboxylic acids is 3. The van der Waals surface area contributed by atoms with Gasteiger partial charge in [-0.25, -0.2) is 0 Å². The van der Waals surface area contributed by atoms with E-state index >= 15 is 0 Å². The molecule has 0 saturated heterocycles. The quantitative estimate of drug-likeness (QED) is 0.114. The molecule has 0 aromatic heterocycles. The first-order valence-corrected chi connectivity index (χ1v) is 16.8. The van der Waals surface area contributed by atoms with Crippen LogP contribution in [0.4, 0.5) is 17.1 Å². The van der Waals surface area contributed by atoms with Crippen molar-refractivity contribution in [3.05, 3.63) is 138 Å². The summed E-state index contributed by atoms with van der Waals surface area (Å²) < 4.78 is 10.9. The number of nitrogens with one attached hydrogen (secondary N) is 2. The van der Waals surface area contributed by atoms with Gasteiger partial charge < -0.3 is 20.1 Å². The molecule has 5 aromatic carbocycles. The van der Waals surface area contributed by atoms with Gasteiger partial charge in [-0.3, -0.25) is 19.3 Å². The Balaban J connectivity index is 1.17. The Hall–Kier alpha value is -5.45. The summed E-state index contributed by atoms with van der Waals surface area (Å²) in [5, 5.41) is 5.62. The van der Waals surface area contributed by atoms with Crippen molar-refractivity contribution in [2.24, 2.45) is 0 Å². The van der Waals surface area contributed by atoms with Crippen molar-refractivity contribution >= 4 is 64.4 Å². The highest BCUT2D eigenvalue weighted by Crippen LogP contribution is 2.48. The smallest absolute Gasteiger partial charge is 0.272 e. The molecule has 1 aliphatic heterocycles. The van der Waals surface area contributed by atoms with E-state index in [2.05, 4.69) is 10.6 Å². The van der Waals surface area contributed by atoms with Crippen LogP contribution in [-0.2, 0) is 9.59 Å². The van der Waals surface area contributed by atoms with E-state index in [9.17, 15) is 14.4 Å². The number of fused-ring (bicyclic) bond motifs is 2. The van der Waals surface area contributed by atoms with Crippen molar-refractivity contribution in [1.82, 2.24) is 5.32 Å². The number of para-hydroxylation sites is 3. The van der Waals surface area contributed by atoms with Crippen LogP contribution in [0.25, 0.3) is 6.08 Å². The Morgan fingerprint density at radius 2 is 1.40 bits per heavy atom. The van der Waals surface area contributed by atoms with Gasteiger partial charge in [0.1, 0.15) is 5.70 Å². The number of thioether (sulfide) groups is 1. The lowest BCUT2D eigenvalue weighted by Gasteiger charge is -2.31. The molecule has 240 valence electrons. The molecular weight excluding hydrogens is 643 g/mol. The summed E-state index contributed by atoms with van der Waals surface area (Å²) in [6.45, 7) is 0. The average Bonchev–Trinajstić information content (AvgIpc) is 3.13. The number of methoxy groups -OCH3 is 2. The number of benzene rings is 5. The van der Waals surface area contributed by atoms with Crippen molar-refractivity contribution in [3.8, 4) is 11.5 Å². The maximum absolute atomic E-state index is 13.6. The van der Waals surface area contributed by atoms with Crippen LogP contribution in [0.3, 0.4) is 0 Å². The first-order chi connectivity index (χ1) is 23.4. The monoisotopic (exact) mass is 673 g/mol. The minimum atomic E-state index is -0.528. The van der Waals surface area contributed by atoms with Crippen LogP contribution in [0.1, 0.15) is 15.9 Å². The van der Waals surface area contributed by atoms with Crippen molar-refractivity contribution in [1.29, 1.82) is 0 Å². The predicted molar refractivity (Wildman–Crippen MR) is 191 cm³/mol. The second-order valence-electron chi connectivity index (χ2n) is 10.5. The Morgan fingerprint density at radius 3 is 2.04 bits per heavy atom. The van der Waals surface area contributed by atoms with Gasteiger partial charge in [0.05, 0.1) is 31.3 Å². The van der Waals surface area contributed by atoms with Gasteiger partial charge in [0.25, 0.3) is 11.8 Å². The van der Waals surface area contributed by atoms with Crippen LogP contribution in [0.5, 0.6) is 11.5 Å². The SMILES string of the molecule is COc1cccc(/C=C(\NC(=O)c2ccccc2)C(=O)Nc2ccc(SCC(=O)N3c4ccccc4Sc4ccccc43)cc2)c1OC. The Morgan fingerprint density at radius 1 is 0.750 bits per heavy atom. The molecule has 1 aliphatic rings. The Kier molecular flexibility index (Phi) is 10.1. The van der Waals surface area contributed by atoms with E-state index in [0.29, 0.717) is 28.3 Å². The maximum atomic E-state index is 13.6. The Labute approximate surface area is 287 Å². The molecule has 0 aliphatic carbocycles. The number of amides is 3. The lowest BCUT2D eigenvalue weighted by molar-refractivity contribution is -0.115. The normalized spacial score (nSPS) is 12.0. The molecule has 0 unspecified atom stereocenters. The lowest BCUT2D eigenvalue weighted by atomic mass is 10.1. The second kappa shape index (κ2) is 15.0. The average molecular weight is 674 g/mol. The second-order valence-corrected chi connectivity index (χ2v) is 12.6.